The van der Waals surface area contributed by atoms with Crippen molar-refractivity contribution in [2.45, 2.75) is 116 Å². The fourth-order valence-electron chi connectivity index (χ4n) is 4.63. The Morgan fingerprint density at radius 2 is 1.73 bits per heavy atom. The summed E-state index contributed by atoms with van der Waals surface area (Å²) in [6.45, 7) is 11.3. The zero-order valence-corrected chi connectivity index (χ0v) is 24.6. The Balaban J connectivity index is 2.45. The fourth-order valence-corrected chi connectivity index (χ4v) is 5.10. The van der Waals surface area contributed by atoms with E-state index in [2.05, 4.69) is 10.6 Å². The van der Waals surface area contributed by atoms with E-state index in [9.17, 15) is 14.4 Å². The maximum atomic E-state index is 14.2. The smallest absolute Gasteiger partial charge is 0.408 e. The van der Waals surface area contributed by atoms with Gasteiger partial charge in [-0.25, -0.2) is 4.79 Å². The van der Waals surface area contributed by atoms with Gasteiger partial charge in [0.2, 0.25) is 11.8 Å². The van der Waals surface area contributed by atoms with Crippen LogP contribution in [-0.4, -0.2) is 58.5 Å². The molecule has 3 unspecified atom stereocenters. The minimum Gasteiger partial charge on any atom is -0.444 e. The van der Waals surface area contributed by atoms with Gasteiger partial charge in [0.1, 0.15) is 17.7 Å². The lowest BCUT2D eigenvalue weighted by Gasteiger charge is -2.39. The molecule has 1 aromatic carbocycles. The zero-order valence-electron chi connectivity index (χ0n) is 23.8. The van der Waals surface area contributed by atoms with Gasteiger partial charge in [0.05, 0.1) is 0 Å². The molecule has 8 heteroatoms. The van der Waals surface area contributed by atoms with E-state index in [1.165, 1.54) is 6.42 Å². The van der Waals surface area contributed by atoms with Crippen LogP contribution in [0, 0.1) is 6.92 Å². The number of hydrogen-bond acceptors (Lipinski definition) is 5. The van der Waals surface area contributed by atoms with Gasteiger partial charge in [-0.15, -0.1) is 0 Å². The number of carbonyl (C=O) groups is 3. The van der Waals surface area contributed by atoms with Crippen molar-refractivity contribution in [1.82, 2.24) is 15.5 Å². The van der Waals surface area contributed by atoms with Crippen LogP contribution >= 0.6 is 11.8 Å². The molecule has 0 aliphatic heterocycles. The molecule has 0 aromatic heterocycles. The molecule has 0 heterocycles. The first-order valence-electron chi connectivity index (χ1n) is 13.6. The molecule has 0 saturated heterocycles. The SMILES string of the molecule is CCC(C)N(C(=O)C(CCSC)NC(=O)OC(C)(C)C)C(C(=O)NC1CCCCC1)c1ccc(C)cc1. The lowest BCUT2D eigenvalue weighted by atomic mass is 9.94. The van der Waals surface area contributed by atoms with Gasteiger partial charge >= 0.3 is 6.09 Å². The summed E-state index contributed by atoms with van der Waals surface area (Å²) in [5.41, 5.74) is 1.17. The van der Waals surface area contributed by atoms with E-state index in [0.717, 1.165) is 36.8 Å². The normalized spacial score (nSPS) is 16.8. The molecule has 1 aromatic rings. The van der Waals surface area contributed by atoms with Crippen LogP contribution in [0.5, 0.6) is 0 Å². The Bertz CT molecular complexity index is 878. The lowest BCUT2D eigenvalue weighted by molar-refractivity contribution is -0.145. The van der Waals surface area contributed by atoms with E-state index in [1.54, 1.807) is 37.4 Å². The molecule has 0 bridgehead atoms. The van der Waals surface area contributed by atoms with Crippen molar-refractivity contribution in [1.29, 1.82) is 0 Å². The molecule has 1 saturated carbocycles. The summed E-state index contributed by atoms with van der Waals surface area (Å²) in [4.78, 5) is 42.5. The molecular formula is C29H47N3O4S. The van der Waals surface area contributed by atoms with E-state index >= 15 is 0 Å². The number of carbonyl (C=O) groups excluding carboxylic acids is 3. The lowest BCUT2D eigenvalue weighted by Crippen LogP contribution is -2.56. The van der Waals surface area contributed by atoms with Crippen LogP contribution in [0.3, 0.4) is 0 Å². The van der Waals surface area contributed by atoms with Crippen molar-refractivity contribution in [2.24, 2.45) is 0 Å². The Kier molecular flexibility index (Phi) is 12.3. The first-order chi connectivity index (χ1) is 17.5. The predicted octanol–water partition coefficient (Wildman–Crippen LogP) is 5.76. The van der Waals surface area contributed by atoms with Crippen LogP contribution in [0.4, 0.5) is 4.79 Å². The van der Waals surface area contributed by atoms with Gasteiger partial charge in [0.15, 0.2) is 0 Å². The number of rotatable bonds is 11. The number of aryl methyl sites for hydroxylation is 1. The second kappa shape index (κ2) is 14.6. The Hall–Kier alpha value is -2.22. The second-order valence-corrected chi connectivity index (χ2v) is 12.1. The summed E-state index contributed by atoms with van der Waals surface area (Å²) in [6.07, 6.45) is 7.77. The van der Waals surface area contributed by atoms with Crippen molar-refractivity contribution in [2.75, 3.05) is 12.0 Å². The monoisotopic (exact) mass is 533 g/mol. The average molecular weight is 534 g/mol. The minimum absolute atomic E-state index is 0.121. The third kappa shape index (κ3) is 9.87. The molecule has 3 amide bonds. The van der Waals surface area contributed by atoms with Crippen LogP contribution in [0.2, 0.25) is 0 Å². The predicted molar refractivity (Wildman–Crippen MR) is 152 cm³/mol. The highest BCUT2D eigenvalue weighted by molar-refractivity contribution is 7.98. The maximum absolute atomic E-state index is 14.2. The van der Waals surface area contributed by atoms with Crippen LogP contribution in [-0.2, 0) is 14.3 Å². The van der Waals surface area contributed by atoms with Gasteiger partial charge in [-0.1, -0.05) is 56.0 Å². The number of hydrogen-bond donors (Lipinski definition) is 2. The van der Waals surface area contributed by atoms with E-state index in [1.807, 2.05) is 51.3 Å². The standard InChI is InChI=1S/C29H47N3O4S/c1-8-21(3)32(27(34)24(18-19-37-7)31-28(35)36-29(4,5)6)25(22-16-14-20(2)15-17-22)26(33)30-23-12-10-9-11-13-23/h14-17,21,23-25H,8-13,18-19H2,1-7H3,(H,30,33)(H,31,35). The second-order valence-electron chi connectivity index (χ2n) is 11.1. The maximum Gasteiger partial charge on any atom is 0.408 e. The number of benzene rings is 1. The van der Waals surface area contributed by atoms with Gasteiger partial charge in [-0.05, 0) is 77.9 Å². The molecular weight excluding hydrogens is 486 g/mol. The van der Waals surface area contributed by atoms with Gasteiger partial charge < -0.3 is 20.3 Å². The summed E-state index contributed by atoms with van der Waals surface area (Å²) in [5.74, 6) is 0.258. The first-order valence-corrected chi connectivity index (χ1v) is 15.0. The summed E-state index contributed by atoms with van der Waals surface area (Å²) < 4.78 is 5.46. The number of alkyl carbamates (subject to hydrolysis) is 1. The van der Waals surface area contributed by atoms with Crippen molar-refractivity contribution in [3.8, 4) is 0 Å². The summed E-state index contributed by atoms with van der Waals surface area (Å²) in [7, 11) is 0. The van der Waals surface area contributed by atoms with Crippen molar-refractivity contribution in [3.63, 3.8) is 0 Å². The summed E-state index contributed by atoms with van der Waals surface area (Å²) in [6, 6.07) is 6.12. The number of amides is 3. The molecule has 208 valence electrons. The van der Waals surface area contributed by atoms with Crippen LogP contribution in [0.1, 0.15) is 96.7 Å². The van der Waals surface area contributed by atoms with Crippen molar-refractivity contribution in [3.05, 3.63) is 35.4 Å². The molecule has 3 atom stereocenters. The average Bonchev–Trinajstić information content (AvgIpc) is 2.84. The van der Waals surface area contributed by atoms with Gasteiger partial charge in [0.25, 0.3) is 0 Å². The number of nitrogens with one attached hydrogen (secondary N) is 2. The van der Waals surface area contributed by atoms with Crippen LogP contribution in [0.15, 0.2) is 24.3 Å². The molecule has 0 spiro atoms. The van der Waals surface area contributed by atoms with Gasteiger partial charge in [-0.2, -0.15) is 11.8 Å². The Morgan fingerprint density at radius 3 is 2.27 bits per heavy atom. The third-order valence-corrected chi connectivity index (χ3v) is 7.43. The number of ether oxygens (including phenoxy) is 1. The first kappa shape index (κ1) is 31.0. The quantitative estimate of drug-likeness (QED) is 0.378. The fraction of sp³-hybridized carbons (Fsp3) is 0.690. The molecule has 7 nitrogen and oxygen atoms in total. The van der Waals surface area contributed by atoms with Gasteiger partial charge in [0, 0.05) is 12.1 Å². The topological polar surface area (TPSA) is 87.7 Å². The highest BCUT2D eigenvalue weighted by Crippen LogP contribution is 2.28. The number of nitrogens with zero attached hydrogens (tertiary/aromatic N) is 1. The highest BCUT2D eigenvalue weighted by atomic mass is 32.2. The molecule has 1 fully saturated rings. The molecule has 2 N–H and O–H groups in total. The molecule has 2 rings (SSSR count). The van der Waals surface area contributed by atoms with E-state index in [-0.39, 0.29) is 23.9 Å². The zero-order chi connectivity index (χ0) is 27.6. The molecule has 0 radical (unpaired) electrons. The Morgan fingerprint density at radius 1 is 1.11 bits per heavy atom. The minimum atomic E-state index is -0.799. The molecule has 1 aliphatic carbocycles. The van der Waals surface area contributed by atoms with Crippen molar-refractivity contribution >= 4 is 29.7 Å². The van der Waals surface area contributed by atoms with Crippen LogP contribution in [0.25, 0.3) is 0 Å². The third-order valence-electron chi connectivity index (χ3n) is 6.79. The van der Waals surface area contributed by atoms with Crippen molar-refractivity contribution < 1.29 is 19.1 Å². The number of thioether (sulfide) groups is 1. The summed E-state index contributed by atoms with van der Waals surface area (Å²) in [5, 5.41) is 6.06. The van der Waals surface area contributed by atoms with E-state index in [0.29, 0.717) is 18.6 Å². The summed E-state index contributed by atoms with van der Waals surface area (Å²) >= 11 is 1.61. The van der Waals surface area contributed by atoms with Gasteiger partial charge in [-0.3, -0.25) is 9.59 Å². The Labute approximate surface area is 227 Å². The highest BCUT2D eigenvalue weighted by Gasteiger charge is 2.39. The molecule has 1 aliphatic rings. The van der Waals surface area contributed by atoms with Crippen LogP contribution < -0.4 is 10.6 Å². The largest absolute Gasteiger partial charge is 0.444 e. The molecule has 37 heavy (non-hydrogen) atoms. The van der Waals surface area contributed by atoms with E-state index < -0.39 is 23.8 Å². The van der Waals surface area contributed by atoms with E-state index in [4.69, 9.17) is 4.74 Å².